The number of hydrogen-bond acceptors (Lipinski definition) is 5. The molecule has 178 valence electrons. The summed E-state index contributed by atoms with van der Waals surface area (Å²) in [4.78, 5) is 24.1. The van der Waals surface area contributed by atoms with Crippen LogP contribution in [0.15, 0.2) is 18.2 Å². The Bertz CT molecular complexity index is 930. The highest BCUT2D eigenvalue weighted by atomic mass is 32.2. The Morgan fingerprint density at radius 2 is 1.94 bits per heavy atom. The molecule has 1 aliphatic carbocycles. The molecule has 0 spiro atoms. The molecule has 1 unspecified atom stereocenters. The molecule has 1 atom stereocenters. The van der Waals surface area contributed by atoms with Crippen LogP contribution in [0.5, 0.6) is 5.75 Å². The smallest absolute Gasteiger partial charge is 0.324 e. The van der Waals surface area contributed by atoms with Gasteiger partial charge in [0.1, 0.15) is 6.54 Å². The highest BCUT2D eigenvalue weighted by Crippen LogP contribution is 2.33. The van der Waals surface area contributed by atoms with E-state index in [2.05, 4.69) is 5.32 Å². The predicted octanol–water partition coefficient (Wildman–Crippen LogP) is 3.49. The summed E-state index contributed by atoms with van der Waals surface area (Å²) in [7, 11) is -3.31. The molecule has 1 saturated heterocycles. The molecule has 0 bridgehead atoms. The number of nitrogens with one attached hydrogen (secondary N) is 1. The maximum absolute atomic E-state index is 14.1. The van der Waals surface area contributed by atoms with Crippen LogP contribution in [0, 0.1) is 17.7 Å². The van der Waals surface area contributed by atoms with Gasteiger partial charge in [0.15, 0.2) is 21.4 Å². The molecule has 0 radical (unpaired) electrons. The summed E-state index contributed by atoms with van der Waals surface area (Å²) >= 11 is 0. The second-order valence-electron chi connectivity index (χ2n) is 9.24. The van der Waals surface area contributed by atoms with E-state index in [0.29, 0.717) is 38.3 Å². The van der Waals surface area contributed by atoms with E-state index in [-0.39, 0.29) is 47.6 Å². The fourth-order valence-electron chi connectivity index (χ4n) is 3.85. The summed E-state index contributed by atoms with van der Waals surface area (Å²) in [6, 6.07) is 4.28. The Hall–Kier alpha value is -2.16. The second kappa shape index (κ2) is 10.6. The van der Waals surface area contributed by atoms with Gasteiger partial charge in [0, 0.05) is 12.5 Å². The molecular formula is C23H33FN2O5S. The molecule has 1 N–H and O–H groups in total. The highest BCUT2D eigenvalue weighted by Gasteiger charge is 2.27. The number of amides is 3. The lowest BCUT2D eigenvalue weighted by Crippen LogP contribution is -2.29. The highest BCUT2D eigenvalue weighted by molar-refractivity contribution is 7.91. The Morgan fingerprint density at radius 3 is 2.56 bits per heavy atom. The van der Waals surface area contributed by atoms with E-state index in [1.54, 1.807) is 12.1 Å². The maximum atomic E-state index is 14.1. The average Bonchev–Trinajstić information content (AvgIpc) is 3.49. The first-order chi connectivity index (χ1) is 15.1. The van der Waals surface area contributed by atoms with Crippen molar-refractivity contribution in [1.82, 2.24) is 10.2 Å². The summed E-state index contributed by atoms with van der Waals surface area (Å²) in [6.07, 6.45) is 4.01. The quantitative estimate of drug-likeness (QED) is 0.353. The van der Waals surface area contributed by atoms with Gasteiger partial charge in [-0.25, -0.2) is 17.6 Å². The van der Waals surface area contributed by atoms with Crippen molar-refractivity contribution in [2.45, 2.75) is 51.9 Å². The van der Waals surface area contributed by atoms with Crippen LogP contribution in [0.1, 0.15) is 57.4 Å². The predicted molar refractivity (Wildman–Crippen MR) is 120 cm³/mol. The Kier molecular flexibility index (Phi) is 8.14. The zero-order valence-corrected chi connectivity index (χ0v) is 19.6. The maximum Gasteiger partial charge on any atom is 0.324 e. The number of nitrogens with zero attached hydrogens (tertiary/aromatic N) is 1. The monoisotopic (exact) mass is 468 g/mol. The number of benzene rings is 1. The van der Waals surface area contributed by atoms with Crippen LogP contribution in [0.25, 0.3) is 0 Å². The number of hydrogen-bond donors (Lipinski definition) is 1. The molecule has 2 fully saturated rings. The van der Waals surface area contributed by atoms with E-state index in [1.807, 2.05) is 13.8 Å². The van der Waals surface area contributed by atoms with Crippen molar-refractivity contribution in [2.75, 3.05) is 31.2 Å². The van der Waals surface area contributed by atoms with Gasteiger partial charge in [-0.05, 0) is 55.2 Å². The van der Waals surface area contributed by atoms with Gasteiger partial charge in [0.05, 0.1) is 18.1 Å². The molecule has 9 heteroatoms. The minimum atomic E-state index is -3.31. The summed E-state index contributed by atoms with van der Waals surface area (Å²) in [5, 5.41) is 2.22. The topological polar surface area (TPSA) is 92.8 Å². The number of halogens is 1. The number of ether oxygens (including phenoxy) is 1. The van der Waals surface area contributed by atoms with E-state index in [4.69, 9.17) is 4.74 Å². The van der Waals surface area contributed by atoms with Gasteiger partial charge in [-0.3, -0.25) is 10.1 Å². The molecule has 1 saturated carbocycles. The Balaban J connectivity index is 1.51. The molecule has 2 aliphatic rings. The minimum Gasteiger partial charge on any atom is -0.490 e. The van der Waals surface area contributed by atoms with Crippen LogP contribution in [-0.2, 0) is 14.6 Å². The molecule has 7 nitrogen and oxygen atoms in total. The third-order valence-electron chi connectivity index (χ3n) is 6.04. The number of unbranched alkanes of at least 4 members (excludes halogenated alkanes) is 2. The van der Waals surface area contributed by atoms with Crippen LogP contribution >= 0.6 is 0 Å². The van der Waals surface area contributed by atoms with Crippen LogP contribution in [-0.4, -0.2) is 56.5 Å². The lowest BCUT2D eigenvalue weighted by atomic mass is 9.90. The second-order valence-corrected chi connectivity index (χ2v) is 11.5. The number of urea groups is 1. The van der Waals surface area contributed by atoms with E-state index in [0.717, 1.165) is 18.4 Å². The molecule has 1 aromatic rings. The van der Waals surface area contributed by atoms with Crippen molar-refractivity contribution in [3.63, 3.8) is 0 Å². The van der Waals surface area contributed by atoms with Gasteiger partial charge in [0.2, 0.25) is 5.91 Å². The Labute approximate surface area is 189 Å². The fourth-order valence-corrected chi connectivity index (χ4v) is 5.78. The van der Waals surface area contributed by atoms with E-state index >= 15 is 0 Å². The normalized spacial score (nSPS) is 17.7. The van der Waals surface area contributed by atoms with Gasteiger partial charge in [-0.15, -0.1) is 0 Å². The largest absolute Gasteiger partial charge is 0.490 e. The van der Waals surface area contributed by atoms with E-state index < -0.39 is 15.7 Å². The van der Waals surface area contributed by atoms with Crippen molar-refractivity contribution in [1.29, 1.82) is 0 Å². The number of imide groups is 1. The van der Waals surface area contributed by atoms with Crippen molar-refractivity contribution in [2.24, 2.45) is 11.8 Å². The van der Waals surface area contributed by atoms with Gasteiger partial charge in [-0.2, -0.15) is 0 Å². The van der Waals surface area contributed by atoms with Crippen molar-refractivity contribution >= 4 is 21.8 Å². The zero-order chi connectivity index (χ0) is 23.3. The van der Waals surface area contributed by atoms with Crippen molar-refractivity contribution in [3.8, 4) is 5.75 Å². The van der Waals surface area contributed by atoms with Crippen molar-refractivity contribution in [3.05, 3.63) is 29.6 Å². The zero-order valence-electron chi connectivity index (χ0n) is 18.8. The first kappa shape index (κ1) is 24.5. The molecule has 0 aromatic heterocycles. The number of rotatable bonds is 13. The molecule has 3 rings (SSSR count). The third-order valence-corrected chi connectivity index (χ3v) is 7.82. The van der Waals surface area contributed by atoms with Crippen LogP contribution in [0.2, 0.25) is 0 Å². The van der Waals surface area contributed by atoms with Crippen LogP contribution in [0.4, 0.5) is 9.18 Å². The lowest BCUT2D eigenvalue weighted by molar-refractivity contribution is -0.118. The van der Waals surface area contributed by atoms with Crippen LogP contribution in [0.3, 0.4) is 0 Å². The van der Waals surface area contributed by atoms with E-state index in [9.17, 15) is 22.4 Å². The molecular weight excluding hydrogens is 435 g/mol. The first-order valence-electron chi connectivity index (χ1n) is 11.4. The lowest BCUT2D eigenvalue weighted by Gasteiger charge is -2.22. The van der Waals surface area contributed by atoms with Crippen LogP contribution < -0.4 is 10.1 Å². The standard InChI is InChI=1S/C23H33FN2O5S/c1-16(2)19(18-8-9-20(24)21(12-18)31-14-17-6-7-17)15-32(29,30)11-5-3-4-10-26-13-22(27)25-23(26)28/h8-9,12,16-17,19H,3-7,10-11,13-15H2,1-2H3,(H,25,27,28). The van der Waals surface area contributed by atoms with Gasteiger partial charge < -0.3 is 9.64 Å². The number of sulfone groups is 1. The third kappa shape index (κ3) is 7.18. The number of carbonyl (C=O) groups is 2. The average molecular weight is 469 g/mol. The summed E-state index contributed by atoms with van der Waals surface area (Å²) in [5.41, 5.74) is 0.778. The summed E-state index contributed by atoms with van der Waals surface area (Å²) in [6.45, 7) is 4.94. The fraction of sp³-hybridized carbons (Fsp3) is 0.652. The molecule has 1 aromatic carbocycles. The van der Waals surface area contributed by atoms with Gasteiger partial charge >= 0.3 is 6.03 Å². The Morgan fingerprint density at radius 1 is 1.19 bits per heavy atom. The molecule has 1 heterocycles. The van der Waals surface area contributed by atoms with Crippen molar-refractivity contribution < 1.29 is 27.1 Å². The molecule has 32 heavy (non-hydrogen) atoms. The summed E-state index contributed by atoms with van der Waals surface area (Å²) < 4.78 is 45.3. The van der Waals surface area contributed by atoms with Gasteiger partial charge in [0.25, 0.3) is 0 Å². The summed E-state index contributed by atoms with van der Waals surface area (Å²) in [5.74, 6) is -0.149. The molecule has 3 amide bonds. The van der Waals surface area contributed by atoms with Gasteiger partial charge in [-0.1, -0.05) is 26.3 Å². The van der Waals surface area contributed by atoms with E-state index in [1.165, 1.54) is 11.0 Å². The molecule has 1 aliphatic heterocycles. The first-order valence-corrected chi connectivity index (χ1v) is 13.2. The SMILES string of the molecule is CC(C)C(CS(=O)(=O)CCCCCN1CC(=O)NC1=O)c1ccc(F)c(OCC2CC2)c1. The minimum absolute atomic E-state index is 0.00139. The number of carbonyl (C=O) groups excluding carboxylic acids is 2.